The number of nitrogens with two attached hydrogens (primary N) is 2. The Morgan fingerprint density at radius 2 is 2.40 bits per heavy atom. The summed E-state index contributed by atoms with van der Waals surface area (Å²) in [4.78, 5) is 15.0. The number of primary amides is 1. The van der Waals surface area contributed by atoms with Crippen molar-refractivity contribution in [3.8, 4) is 0 Å². The fraction of sp³-hybridized carbons (Fsp3) is 0.556. The molecule has 1 aromatic heterocycles. The molecule has 1 amide bonds. The molecule has 0 spiro atoms. The summed E-state index contributed by atoms with van der Waals surface area (Å²) >= 11 is 1.56. The van der Waals surface area contributed by atoms with Gasteiger partial charge in [-0.3, -0.25) is 4.79 Å². The minimum Gasteiger partial charge on any atom is -0.368 e. The van der Waals surface area contributed by atoms with Gasteiger partial charge >= 0.3 is 0 Å². The summed E-state index contributed by atoms with van der Waals surface area (Å²) in [5, 5.41) is 6.03. The van der Waals surface area contributed by atoms with Crippen LogP contribution in [0.1, 0.15) is 18.9 Å². The Morgan fingerprint density at radius 3 is 2.87 bits per heavy atom. The van der Waals surface area contributed by atoms with Crippen LogP contribution in [0.15, 0.2) is 11.6 Å². The SMILES string of the molecule is CC(C)(NCC(N)C(N)=O)c1nccs1. The van der Waals surface area contributed by atoms with E-state index in [-0.39, 0.29) is 5.54 Å². The molecule has 0 aliphatic carbocycles. The number of hydrogen-bond donors (Lipinski definition) is 3. The minimum atomic E-state index is -0.663. The lowest BCUT2D eigenvalue weighted by atomic mass is 10.1. The van der Waals surface area contributed by atoms with Crippen molar-refractivity contribution in [3.05, 3.63) is 16.6 Å². The number of nitrogens with zero attached hydrogens (tertiary/aromatic N) is 1. The molecule has 5 N–H and O–H groups in total. The van der Waals surface area contributed by atoms with E-state index in [2.05, 4.69) is 10.3 Å². The quantitative estimate of drug-likeness (QED) is 0.649. The Hall–Kier alpha value is -0.980. The van der Waals surface area contributed by atoms with E-state index in [9.17, 15) is 4.79 Å². The number of hydrogen-bond acceptors (Lipinski definition) is 5. The van der Waals surface area contributed by atoms with Crippen LogP contribution in [-0.4, -0.2) is 23.5 Å². The fourth-order valence-corrected chi connectivity index (χ4v) is 1.81. The van der Waals surface area contributed by atoms with Crippen molar-refractivity contribution in [2.45, 2.75) is 25.4 Å². The maximum absolute atomic E-state index is 10.7. The topological polar surface area (TPSA) is 94.0 Å². The molecule has 6 heteroatoms. The van der Waals surface area contributed by atoms with Crippen LogP contribution in [0, 0.1) is 0 Å². The highest BCUT2D eigenvalue weighted by Gasteiger charge is 2.24. The van der Waals surface area contributed by atoms with E-state index in [0.717, 1.165) is 5.01 Å². The lowest BCUT2D eigenvalue weighted by molar-refractivity contribution is -0.119. The average molecular weight is 228 g/mol. The van der Waals surface area contributed by atoms with E-state index in [1.807, 2.05) is 19.2 Å². The Kier molecular flexibility index (Phi) is 3.78. The lowest BCUT2D eigenvalue weighted by Crippen LogP contribution is -2.49. The summed E-state index contributed by atoms with van der Waals surface area (Å²) in [6.07, 6.45) is 1.75. The van der Waals surface area contributed by atoms with Crippen molar-refractivity contribution in [2.75, 3.05) is 6.54 Å². The zero-order chi connectivity index (χ0) is 11.5. The van der Waals surface area contributed by atoms with Crippen LogP contribution >= 0.6 is 11.3 Å². The molecule has 0 fully saturated rings. The summed E-state index contributed by atoms with van der Waals surface area (Å²) in [6.45, 7) is 4.32. The van der Waals surface area contributed by atoms with E-state index in [1.165, 1.54) is 0 Å². The van der Waals surface area contributed by atoms with Gasteiger partial charge in [0.1, 0.15) is 5.01 Å². The van der Waals surface area contributed by atoms with Gasteiger partial charge in [-0.25, -0.2) is 4.98 Å². The molecule has 84 valence electrons. The molecule has 0 bridgehead atoms. The molecule has 0 saturated heterocycles. The number of aromatic nitrogens is 1. The molecule has 0 radical (unpaired) electrons. The summed E-state index contributed by atoms with van der Waals surface area (Å²) < 4.78 is 0. The third kappa shape index (κ3) is 3.26. The average Bonchev–Trinajstić information content (AvgIpc) is 2.67. The molecular weight excluding hydrogens is 212 g/mol. The Bertz CT molecular complexity index is 323. The first-order chi connectivity index (χ1) is 6.93. The van der Waals surface area contributed by atoms with Gasteiger partial charge in [0.2, 0.25) is 5.91 Å². The first kappa shape index (κ1) is 12.1. The van der Waals surface area contributed by atoms with E-state index in [4.69, 9.17) is 11.5 Å². The molecule has 1 unspecified atom stereocenters. The number of rotatable bonds is 5. The Labute approximate surface area is 92.9 Å². The molecule has 0 aromatic carbocycles. The monoisotopic (exact) mass is 228 g/mol. The van der Waals surface area contributed by atoms with Crippen molar-refractivity contribution >= 4 is 17.2 Å². The predicted molar refractivity (Wildman–Crippen MR) is 60.3 cm³/mol. The van der Waals surface area contributed by atoms with Gasteiger partial charge < -0.3 is 16.8 Å². The molecule has 15 heavy (non-hydrogen) atoms. The molecule has 0 saturated carbocycles. The van der Waals surface area contributed by atoms with Gasteiger partial charge in [0.25, 0.3) is 0 Å². The number of nitrogens with one attached hydrogen (secondary N) is 1. The molecule has 1 atom stereocenters. The third-order valence-corrected chi connectivity index (χ3v) is 3.19. The minimum absolute atomic E-state index is 0.290. The van der Waals surface area contributed by atoms with Gasteiger partial charge in [0, 0.05) is 18.1 Å². The van der Waals surface area contributed by atoms with Crippen LogP contribution in [0.2, 0.25) is 0 Å². The normalized spacial score (nSPS) is 13.8. The first-order valence-corrected chi connectivity index (χ1v) is 5.51. The second-order valence-corrected chi connectivity index (χ2v) is 4.75. The highest BCUT2D eigenvalue weighted by Crippen LogP contribution is 2.21. The van der Waals surface area contributed by atoms with Crippen LogP contribution in [0.4, 0.5) is 0 Å². The van der Waals surface area contributed by atoms with Crippen molar-refractivity contribution in [1.29, 1.82) is 0 Å². The second kappa shape index (κ2) is 4.69. The van der Waals surface area contributed by atoms with Gasteiger partial charge in [-0.15, -0.1) is 11.3 Å². The van der Waals surface area contributed by atoms with E-state index in [1.54, 1.807) is 17.5 Å². The van der Waals surface area contributed by atoms with Gasteiger partial charge in [-0.05, 0) is 13.8 Å². The highest BCUT2D eigenvalue weighted by atomic mass is 32.1. The number of carbonyl (C=O) groups is 1. The van der Waals surface area contributed by atoms with Crippen molar-refractivity contribution < 1.29 is 4.79 Å². The van der Waals surface area contributed by atoms with Crippen LogP contribution in [-0.2, 0) is 10.3 Å². The number of thiazole rings is 1. The Balaban J connectivity index is 2.54. The van der Waals surface area contributed by atoms with Crippen LogP contribution in [0.3, 0.4) is 0 Å². The predicted octanol–water partition coefficient (Wildman–Crippen LogP) is -0.220. The van der Waals surface area contributed by atoms with E-state index >= 15 is 0 Å². The number of amides is 1. The first-order valence-electron chi connectivity index (χ1n) is 4.63. The standard InChI is InChI=1S/C9H16N4OS/c1-9(2,8-12-3-4-15-8)13-5-6(10)7(11)14/h3-4,6,13H,5,10H2,1-2H3,(H2,11,14). The zero-order valence-electron chi connectivity index (χ0n) is 8.86. The van der Waals surface area contributed by atoms with Crippen LogP contribution in [0.25, 0.3) is 0 Å². The maximum atomic E-state index is 10.7. The summed E-state index contributed by atoms with van der Waals surface area (Å²) in [5.74, 6) is -0.502. The van der Waals surface area contributed by atoms with Gasteiger partial charge in [0.15, 0.2) is 0 Å². The molecular formula is C9H16N4OS. The Morgan fingerprint density at radius 1 is 1.73 bits per heavy atom. The molecule has 1 rings (SSSR count). The van der Waals surface area contributed by atoms with Gasteiger partial charge in [0.05, 0.1) is 11.6 Å². The number of carbonyl (C=O) groups excluding carboxylic acids is 1. The van der Waals surface area contributed by atoms with E-state index < -0.39 is 11.9 Å². The lowest BCUT2D eigenvalue weighted by Gasteiger charge is -2.25. The van der Waals surface area contributed by atoms with Gasteiger partial charge in [-0.1, -0.05) is 0 Å². The molecule has 5 nitrogen and oxygen atoms in total. The van der Waals surface area contributed by atoms with Crippen LogP contribution < -0.4 is 16.8 Å². The smallest absolute Gasteiger partial charge is 0.235 e. The molecule has 0 aliphatic rings. The highest BCUT2D eigenvalue weighted by molar-refractivity contribution is 7.09. The van der Waals surface area contributed by atoms with E-state index in [0.29, 0.717) is 6.54 Å². The summed E-state index contributed by atoms with van der Waals surface area (Å²) in [7, 11) is 0. The maximum Gasteiger partial charge on any atom is 0.235 e. The zero-order valence-corrected chi connectivity index (χ0v) is 9.67. The van der Waals surface area contributed by atoms with Crippen molar-refractivity contribution in [2.24, 2.45) is 11.5 Å². The molecule has 1 aromatic rings. The van der Waals surface area contributed by atoms with Crippen molar-refractivity contribution in [3.63, 3.8) is 0 Å². The fourth-order valence-electron chi connectivity index (χ4n) is 1.07. The second-order valence-electron chi connectivity index (χ2n) is 3.85. The third-order valence-electron chi connectivity index (χ3n) is 2.10. The largest absolute Gasteiger partial charge is 0.368 e. The summed E-state index contributed by atoms with van der Waals surface area (Å²) in [5.41, 5.74) is 10.3. The van der Waals surface area contributed by atoms with Crippen LogP contribution in [0.5, 0.6) is 0 Å². The van der Waals surface area contributed by atoms with Gasteiger partial charge in [-0.2, -0.15) is 0 Å². The summed E-state index contributed by atoms with van der Waals surface area (Å²) in [6, 6.07) is -0.663. The molecule has 1 heterocycles. The molecule has 0 aliphatic heterocycles. The van der Waals surface area contributed by atoms with Crippen molar-refractivity contribution in [1.82, 2.24) is 10.3 Å².